The summed E-state index contributed by atoms with van der Waals surface area (Å²) in [5.74, 6) is 0.859. The maximum atomic E-state index is 12.2. The van der Waals surface area contributed by atoms with Crippen molar-refractivity contribution >= 4 is 17.3 Å². The number of ether oxygens (including phenoxy) is 2. The van der Waals surface area contributed by atoms with Crippen molar-refractivity contribution in [1.82, 2.24) is 0 Å². The van der Waals surface area contributed by atoms with Crippen molar-refractivity contribution in [3.05, 3.63) is 37.4 Å². The van der Waals surface area contributed by atoms with Gasteiger partial charge in [-0.2, -0.15) is 0 Å². The van der Waals surface area contributed by atoms with Crippen molar-refractivity contribution in [3.8, 4) is 11.5 Å². The van der Waals surface area contributed by atoms with Gasteiger partial charge in [-0.15, -0.1) is 13.2 Å². The molecule has 0 saturated heterocycles. The van der Waals surface area contributed by atoms with Crippen LogP contribution in [0.4, 0.5) is 11.4 Å². The molecule has 1 heterocycles. The predicted molar refractivity (Wildman–Crippen MR) is 78.7 cm³/mol. The molecule has 1 aromatic rings. The highest BCUT2D eigenvalue weighted by atomic mass is 16.7. The van der Waals surface area contributed by atoms with Crippen LogP contribution in [0, 0.1) is 5.92 Å². The van der Waals surface area contributed by atoms with Gasteiger partial charge < -0.3 is 20.5 Å². The Morgan fingerprint density at radius 3 is 2.50 bits per heavy atom. The molecule has 1 aliphatic heterocycles. The van der Waals surface area contributed by atoms with Gasteiger partial charge in [0.25, 0.3) is 0 Å². The normalized spacial score (nSPS) is 12.2. The Morgan fingerprint density at radius 1 is 1.30 bits per heavy atom. The third-order valence-corrected chi connectivity index (χ3v) is 3.08. The third kappa shape index (κ3) is 2.93. The SMILES string of the molecule is C=CCC(CC=C)C(=O)Nc1cc2c(cc1N)OCO2. The fraction of sp³-hybridized carbons (Fsp3) is 0.267. The number of hydrogen-bond donors (Lipinski definition) is 2. The molecule has 2 rings (SSSR count). The Morgan fingerprint density at radius 2 is 1.90 bits per heavy atom. The second-order valence-electron chi connectivity index (χ2n) is 4.53. The van der Waals surface area contributed by atoms with Crippen molar-refractivity contribution in [1.29, 1.82) is 0 Å². The van der Waals surface area contributed by atoms with Gasteiger partial charge in [-0.25, -0.2) is 0 Å². The molecule has 5 nitrogen and oxygen atoms in total. The average Bonchev–Trinajstić information content (AvgIpc) is 2.86. The lowest BCUT2D eigenvalue weighted by Crippen LogP contribution is -2.22. The van der Waals surface area contributed by atoms with Crippen molar-refractivity contribution in [3.63, 3.8) is 0 Å². The minimum atomic E-state index is -0.199. The molecule has 0 saturated carbocycles. The molecule has 106 valence electrons. The largest absolute Gasteiger partial charge is 0.454 e. The van der Waals surface area contributed by atoms with Crippen LogP contribution in [0.1, 0.15) is 12.8 Å². The number of nitrogens with one attached hydrogen (secondary N) is 1. The molecule has 0 bridgehead atoms. The highest BCUT2D eigenvalue weighted by Gasteiger charge is 2.20. The van der Waals surface area contributed by atoms with Crippen LogP contribution in [0.2, 0.25) is 0 Å². The fourth-order valence-electron chi connectivity index (χ4n) is 2.01. The van der Waals surface area contributed by atoms with E-state index in [9.17, 15) is 4.79 Å². The van der Waals surface area contributed by atoms with E-state index in [0.717, 1.165) is 0 Å². The summed E-state index contributed by atoms with van der Waals surface area (Å²) in [4.78, 5) is 12.2. The molecule has 1 aromatic carbocycles. The van der Waals surface area contributed by atoms with Gasteiger partial charge in [-0.05, 0) is 12.8 Å². The Labute approximate surface area is 118 Å². The van der Waals surface area contributed by atoms with Crippen molar-refractivity contribution < 1.29 is 14.3 Å². The third-order valence-electron chi connectivity index (χ3n) is 3.08. The van der Waals surface area contributed by atoms with Crippen LogP contribution >= 0.6 is 0 Å². The number of carbonyl (C=O) groups is 1. The minimum absolute atomic E-state index is 0.115. The maximum absolute atomic E-state index is 12.2. The van der Waals surface area contributed by atoms with Gasteiger partial charge in [0.15, 0.2) is 11.5 Å². The number of benzene rings is 1. The van der Waals surface area contributed by atoms with Crippen LogP contribution in [-0.4, -0.2) is 12.7 Å². The molecule has 0 aromatic heterocycles. The van der Waals surface area contributed by atoms with E-state index in [2.05, 4.69) is 18.5 Å². The number of allylic oxidation sites excluding steroid dienone is 2. The number of nitrogen functional groups attached to an aromatic ring is 1. The Bertz CT molecular complexity index is 530. The van der Waals surface area contributed by atoms with Crippen LogP contribution in [0.15, 0.2) is 37.4 Å². The van der Waals surface area contributed by atoms with Crippen LogP contribution in [0.3, 0.4) is 0 Å². The van der Waals surface area contributed by atoms with E-state index in [1.807, 2.05) is 0 Å². The van der Waals surface area contributed by atoms with Gasteiger partial charge in [-0.1, -0.05) is 12.2 Å². The number of rotatable bonds is 6. The second-order valence-corrected chi connectivity index (χ2v) is 4.53. The smallest absolute Gasteiger partial charge is 0.231 e. The lowest BCUT2D eigenvalue weighted by molar-refractivity contribution is -0.119. The monoisotopic (exact) mass is 274 g/mol. The number of carbonyl (C=O) groups excluding carboxylic acids is 1. The molecule has 0 fully saturated rings. The van der Waals surface area contributed by atoms with Crippen LogP contribution in [-0.2, 0) is 4.79 Å². The first-order valence-electron chi connectivity index (χ1n) is 6.37. The quantitative estimate of drug-likeness (QED) is 0.618. The van der Waals surface area contributed by atoms with Gasteiger partial charge in [-0.3, -0.25) is 4.79 Å². The summed E-state index contributed by atoms with van der Waals surface area (Å²) in [6, 6.07) is 3.32. The summed E-state index contributed by atoms with van der Waals surface area (Å²) in [5, 5.41) is 2.81. The van der Waals surface area contributed by atoms with Gasteiger partial charge in [0.1, 0.15) is 0 Å². The predicted octanol–water partition coefficient (Wildman–Crippen LogP) is 2.70. The van der Waals surface area contributed by atoms with Crippen molar-refractivity contribution in [2.75, 3.05) is 17.8 Å². The van der Waals surface area contributed by atoms with Gasteiger partial charge in [0.05, 0.1) is 11.4 Å². The molecule has 3 N–H and O–H groups in total. The summed E-state index contributed by atoms with van der Waals surface area (Å²) in [5.41, 5.74) is 6.87. The van der Waals surface area contributed by atoms with E-state index in [4.69, 9.17) is 15.2 Å². The molecule has 0 aliphatic carbocycles. The summed E-state index contributed by atoms with van der Waals surface area (Å²) in [6.45, 7) is 7.49. The van der Waals surface area contributed by atoms with Gasteiger partial charge in [0, 0.05) is 18.1 Å². The number of amides is 1. The summed E-state index contributed by atoms with van der Waals surface area (Å²) < 4.78 is 10.5. The molecule has 1 amide bonds. The Hall–Kier alpha value is -2.43. The van der Waals surface area contributed by atoms with E-state index in [1.165, 1.54) is 0 Å². The van der Waals surface area contributed by atoms with Gasteiger partial charge in [0.2, 0.25) is 12.7 Å². The van der Waals surface area contributed by atoms with E-state index in [1.54, 1.807) is 24.3 Å². The lowest BCUT2D eigenvalue weighted by atomic mass is 10.0. The zero-order valence-corrected chi connectivity index (χ0v) is 11.2. The molecule has 20 heavy (non-hydrogen) atoms. The number of anilines is 2. The number of fused-ring (bicyclic) bond motifs is 1. The van der Waals surface area contributed by atoms with Crippen LogP contribution in [0.5, 0.6) is 11.5 Å². The first kappa shape index (κ1) is 14.0. The summed E-state index contributed by atoms with van der Waals surface area (Å²) >= 11 is 0. The molecule has 0 radical (unpaired) electrons. The molecular weight excluding hydrogens is 256 g/mol. The first-order valence-corrected chi connectivity index (χ1v) is 6.37. The number of nitrogens with two attached hydrogens (primary N) is 1. The van der Waals surface area contributed by atoms with E-state index in [-0.39, 0.29) is 18.6 Å². The van der Waals surface area contributed by atoms with E-state index in [0.29, 0.717) is 35.7 Å². The number of hydrogen-bond acceptors (Lipinski definition) is 4. The minimum Gasteiger partial charge on any atom is -0.454 e. The molecule has 0 unspecified atom stereocenters. The first-order chi connectivity index (χ1) is 9.65. The standard InChI is InChI=1S/C15H18N2O3/c1-3-5-10(6-4-2)15(18)17-12-8-14-13(7-11(12)16)19-9-20-14/h3-4,7-8,10H,1-2,5-6,9,16H2,(H,17,18). The van der Waals surface area contributed by atoms with Crippen LogP contribution < -0.4 is 20.5 Å². The lowest BCUT2D eigenvalue weighted by Gasteiger charge is -2.15. The zero-order chi connectivity index (χ0) is 14.5. The molecular formula is C15H18N2O3. The van der Waals surface area contributed by atoms with Crippen LogP contribution in [0.25, 0.3) is 0 Å². The Balaban J connectivity index is 2.14. The van der Waals surface area contributed by atoms with E-state index < -0.39 is 0 Å². The molecule has 0 atom stereocenters. The Kier molecular flexibility index (Phi) is 4.30. The summed E-state index contributed by atoms with van der Waals surface area (Å²) in [7, 11) is 0. The highest BCUT2D eigenvalue weighted by Crippen LogP contribution is 2.38. The topological polar surface area (TPSA) is 73.6 Å². The molecule has 1 aliphatic rings. The fourth-order valence-corrected chi connectivity index (χ4v) is 2.01. The summed E-state index contributed by atoms with van der Waals surface area (Å²) in [6.07, 6.45) is 4.61. The van der Waals surface area contributed by atoms with E-state index >= 15 is 0 Å². The van der Waals surface area contributed by atoms with Gasteiger partial charge >= 0.3 is 0 Å². The molecule has 0 spiro atoms. The molecule has 5 heteroatoms. The van der Waals surface area contributed by atoms with Crippen molar-refractivity contribution in [2.24, 2.45) is 5.92 Å². The van der Waals surface area contributed by atoms with Crippen molar-refractivity contribution in [2.45, 2.75) is 12.8 Å². The highest BCUT2D eigenvalue weighted by molar-refractivity contribution is 5.96. The maximum Gasteiger partial charge on any atom is 0.231 e. The second kappa shape index (κ2) is 6.14. The average molecular weight is 274 g/mol. The zero-order valence-electron chi connectivity index (χ0n) is 11.2.